The van der Waals surface area contributed by atoms with Crippen molar-refractivity contribution in [3.8, 4) is 10.4 Å². The maximum Gasteiger partial charge on any atom is 0.276 e. The van der Waals surface area contributed by atoms with Crippen LogP contribution in [0.4, 0.5) is 10.1 Å². The quantitative estimate of drug-likeness (QED) is 0.439. The molecule has 8 nitrogen and oxygen atoms in total. The van der Waals surface area contributed by atoms with E-state index in [1.807, 2.05) is 4.83 Å². The Bertz CT molecular complexity index is 1240. The van der Waals surface area contributed by atoms with Crippen LogP contribution in [-0.2, 0) is 10.0 Å². The molecule has 2 N–H and O–H groups in total. The fourth-order valence-corrected chi connectivity index (χ4v) is 4.74. The van der Waals surface area contributed by atoms with Gasteiger partial charge in [-0.05, 0) is 54.8 Å². The van der Waals surface area contributed by atoms with Crippen molar-refractivity contribution in [1.29, 1.82) is 0 Å². The van der Waals surface area contributed by atoms with E-state index in [0.29, 0.717) is 21.6 Å². The standard InChI is InChI=1S/C19H16FN3O5S2/c1-11-9-15(23(25)26)10-18(12(11)2)30(27,28)22-21-19(24)17-8-7-16(29-17)13-3-5-14(20)6-4-13/h3-10,22H,1-2H3,(H,21,24). The van der Waals surface area contributed by atoms with E-state index in [1.54, 1.807) is 25.1 Å². The van der Waals surface area contributed by atoms with Gasteiger partial charge in [-0.15, -0.1) is 16.2 Å². The Morgan fingerprint density at radius 1 is 1.10 bits per heavy atom. The summed E-state index contributed by atoms with van der Waals surface area (Å²) in [5.74, 6) is -1.08. The van der Waals surface area contributed by atoms with Gasteiger partial charge in [0, 0.05) is 17.0 Å². The lowest BCUT2D eigenvalue weighted by molar-refractivity contribution is -0.385. The monoisotopic (exact) mass is 449 g/mol. The van der Waals surface area contributed by atoms with Gasteiger partial charge in [-0.3, -0.25) is 20.3 Å². The van der Waals surface area contributed by atoms with Gasteiger partial charge >= 0.3 is 0 Å². The lowest BCUT2D eigenvalue weighted by Crippen LogP contribution is -2.41. The molecular weight excluding hydrogens is 433 g/mol. The molecule has 0 aliphatic carbocycles. The number of carbonyl (C=O) groups excluding carboxylic acids is 1. The zero-order valence-electron chi connectivity index (χ0n) is 15.8. The molecule has 1 aromatic heterocycles. The highest BCUT2D eigenvalue weighted by atomic mass is 32.2. The largest absolute Gasteiger partial charge is 0.276 e. The van der Waals surface area contributed by atoms with E-state index >= 15 is 0 Å². The van der Waals surface area contributed by atoms with Crippen molar-refractivity contribution in [2.75, 3.05) is 0 Å². The summed E-state index contributed by atoms with van der Waals surface area (Å²) < 4.78 is 38.2. The van der Waals surface area contributed by atoms with Crippen LogP contribution in [0.1, 0.15) is 20.8 Å². The van der Waals surface area contributed by atoms with Gasteiger partial charge in [0.25, 0.3) is 21.6 Å². The number of nitro groups is 1. The second kappa shape index (κ2) is 8.30. The average molecular weight is 449 g/mol. The van der Waals surface area contributed by atoms with Crippen molar-refractivity contribution in [2.45, 2.75) is 18.7 Å². The van der Waals surface area contributed by atoms with Gasteiger partial charge in [0.2, 0.25) is 0 Å². The molecule has 0 saturated heterocycles. The SMILES string of the molecule is Cc1cc([N+](=O)[O-])cc(S(=O)(=O)NNC(=O)c2ccc(-c3ccc(F)cc3)s2)c1C. The molecule has 3 rings (SSSR count). The minimum absolute atomic E-state index is 0.226. The van der Waals surface area contributed by atoms with E-state index < -0.39 is 20.9 Å². The second-order valence-electron chi connectivity index (χ2n) is 6.37. The van der Waals surface area contributed by atoms with Crippen LogP contribution in [0.15, 0.2) is 53.4 Å². The molecule has 0 bridgehead atoms. The molecule has 0 aliphatic rings. The van der Waals surface area contributed by atoms with E-state index in [1.165, 1.54) is 31.2 Å². The highest BCUT2D eigenvalue weighted by Crippen LogP contribution is 2.28. The first-order chi connectivity index (χ1) is 14.1. The van der Waals surface area contributed by atoms with E-state index in [0.717, 1.165) is 17.4 Å². The number of halogens is 1. The van der Waals surface area contributed by atoms with Crippen molar-refractivity contribution in [1.82, 2.24) is 10.3 Å². The van der Waals surface area contributed by atoms with Crippen molar-refractivity contribution < 1.29 is 22.5 Å². The molecule has 0 saturated carbocycles. The fourth-order valence-electron chi connectivity index (χ4n) is 2.65. The van der Waals surface area contributed by atoms with Gasteiger partial charge in [0.15, 0.2) is 0 Å². The van der Waals surface area contributed by atoms with Crippen LogP contribution in [0, 0.1) is 29.8 Å². The molecule has 0 radical (unpaired) electrons. The predicted octanol–water partition coefficient (Wildman–Crippen LogP) is 3.70. The number of carbonyl (C=O) groups is 1. The van der Waals surface area contributed by atoms with Crippen molar-refractivity contribution >= 4 is 33.0 Å². The topological polar surface area (TPSA) is 118 Å². The second-order valence-corrected chi connectivity index (χ2v) is 9.11. The van der Waals surface area contributed by atoms with E-state index in [-0.39, 0.29) is 21.3 Å². The number of sulfonamides is 1. The Balaban J connectivity index is 1.78. The van der Waals surface area contributed by atoms with Crippen LogP contribution in [0.2, 0.25) is 0 Å². The fraction of sp³-hybridized carbons (Fsp3) is 0.105. The maximum atomic E-state index is 13.0. The smallest absolute Gasteiger partial charge is 0.273 e. The zero-order chi connectivity index (χ0) is 22.1. The number of nitrogens with zero attached hydrogens (tertiary/aromatic N) is 1. The molecule has 1 heterocycles. The number of thiophene rings is 1. The number of rotatable bonds is 6. The predicted molar refractivity (Wildman–Crippen MR) is 110 cm³/mol. The number of hydrazine groups is 1. The molecule has 156 valence electrons. The highest BCUT2D eigenvalue weighted by Gasteiger charge is 2.23. The van der Waals surface area contributed by atoms with E-state index in [4.69, 9.17) is 0 Å². The Hall–Kier alpha value is -3.15. The van der Waals surface area contributed by atoms with Gasteiger partial charge in [-0.2, -0.15) is 0 Å². The Kier molecular flexibility index (Phi) is 5.97. The minimum Gasteiger partial charge on any atom is -0.273 e. The molecular formula is C19H16FN3O5S2. The number of amides is 1. The molecule has 0 aliphatic heterocycles. The summed E-state index contributed by atoms with van der Waals surface area (Å²) in [5, 5.41) is 11.0. The number of hydrogen-bond donors (Lipinski definition) is 2. The Morgan fingerprint density at radius 2 is 1.77 bits per heavy atom. The summed E-state index contributed by atoms with van der Waals surface area (Å²) in [6, 6.07) is 11.1. The summed E-state index contributed by atoms with van der Waals surface area (Å²) in [4.78, 5) is 25.3. The molecule has 0 atom stereocenters. The average Bonchev–Trinajstić information content (AvgIpc) is 3.18. The molecule has 2 aromatic carbocycles. The van der Waals surface area contributed by atoms with E-state index in [9.17, 15) is 27.7 Å². The lowest BCUT2D eigenvalue weighted by Gasteiger charge is -2.11. The van der Waals surface area contributed by atoms with Crippen LogP contribution in [0.3, 0.4) is 0 Å². The van der Waals surface area contributed by atoms with Gasteiger partial charge in [0.05, 0.1) is 14.7 Å². The summed E-state index contributed by atoms with van der Waals surface area (Å²) in [5.41, 5.74) is 3.21. The number of aryl methyl sites for hydroxylation is 1. The number of non-ortho nitro benzene ring substituents is 1. The number of benzene rings is 2. The third-order valence-corrected chi connectivity index (χ3v) is 6.87. The lowest BCUT2D eigenvalue weighted by atomic mass is 10.1. The van der Waals surface area contributed by atoms with Gasteiger partial charge < -0.3 is 0 Å². The number of nitrogens with one attached hydrogen (secondary N) is 2. The summed E-state index contributed by atoms with van der Waals surface area (Å²) in [6.07, 6.45) is 0. The normalized spacial score (nSPS) is 11.3. The highest BCUT2D eigenvalue weighted by molar-refractivity contribution is 7.89. The molecule has 1 amide bonds. The molecule has 0 spiro atoms. The molecule has 11 heteroatoms. The summed E-state index contributed by atoms with van der Waals surface area (Å²) in [7, 11) is -4.25. The first-order valence-corrected chi connectivity index (χ1v) is 10.8. The van der Waals surface area contributed by atoms with Crippen LogP contribution in [0.25, 0.3) is 10.4 Å². The van der Waals surface area contributed by atoms with Gasteiger partial charge in [-0.25, -0.2) is 12.8 Å². The van der Waals surface area contributed by atoms with Gasteiger partial charge in [0.1, 0.15) is 5.82 Å². The zero-order valence-corrected chi connectivity index (χ0v) is 17.4. The van der Waals surface area contributed by atoms with Crippen molar-refractivity contribution in [3.05, 3.63) is 80.5 Å². The molecule has 30 heavy (non-hydrogen) atoms. The maximum absolute atomic E-state index is 13.0. The molecule has 3 aromatic rings. The van der Waals surface area contributed by atoms with Crippen LogP contribution in [-0.4, -0.2) is 19.2 Å². The van der Waals surface area contributed by atoms with Crippen LogP contribution >= 0.6 is 11.3 Å². The summed E-state index contributed by atoms with van der Waals surface area (Å²) in [6.45, 7) is 3.08. The van der Waals surface area contributed by atoms with Crippen molar-refractivity contribution in [3.63, 3.8) is 0 Å². The number of hydrogen-bond acceptors (Lipinski definition) is 6. The molecule has 0 unspecified atom stereocenters. The minimum atomic E-state index is -4.25. The van der Waals surface area contributed by atoms with Crippen molar-refractivity contribution in [2.24, 2.45) is 0 Å². The van der Waals surface area contributed by atoms with Gasteiger partial charge in [-0.1, -0.05) is 12.1 Å². The Labute approximate surface area is 175 Å². The number of nitro benzene ring substituents is 1. The van der Waals surface area contributed by atoms with Crippen LogP contribution < -0.4 is 10.3 Å². The van der Waals surface area contributed by atoms with E-state index in [2.05, 4.69) is 5.43 Å². The summed E-state index contributed by atoms with van der Waals surface area (Å²) >= 11 is 1.10. The Morgan fingerprint density at radius 3 is 2.40 bits per heavy atom. The first kappa shape index (κ1) is 21.6. The molecule has 0 fully saturated rings. The first-order valence-electron chi connectivity index (χ1n) is 8.52. The van der Waals surface area contributed by atoms with Crippen LogP contribution in [0.5, 0.6) is 0 Å². The third kappa shape index (κ3) is 4.53. The third-order valence-electron chi connectivity index (χ3n) is 4.36.